The minimum absolute atomic E-state index is 0.0845. The van der Waals surface area contributed by atoms with Crippen LogP contribution in [0.15, 0.2) is 24.3 Å². The van der Waals surface area contributed by atoms with E-state index in [1.165, 1.54) is 37.7 Å². The molecule has 2 fully saturated rings. The molecule has 3 rings (SSSR count). The van der Waals surface area contributed by atoms with Crippen molar-refractivity contribution in [3.05, 3.63) is 29.8 Å². The van der Waals surface area contributed by atoms with Crippen molar-refractivity contribution in [1.29, 1.82) is 0 Å². The third-order valence-electron chi connectivity index (χ3n) is 5.64. The van der Waals surface area contributed by atoms with Gasteiger partial charge in [0.2, 0.25) is 0 Å². The van der Waals surface area contributed by atoms with Gasteiger partial charge in [-0.3, -0.25) is 0 Å². The quantitative estimate of drug-likeness (QED) is 0.601. The highest BCUT2D eigenvalue weighted by atomic mass is 16.7. The van der Waals surface area contributed by atoms with Gasteiger partial charge in [-0.1, -0.05) is 44.7 Å². The first-order chi connectivity index (χ1) is 12.8. The van der Waals surface area contributed by atoms with E-state index in [-0.39, 0.29) is 12.4 Å². The number of rotatable bonds is 8. The third-order valence-corrected chi connectivity index (χ3v) is 5.64. The lowest BCUT2D eigenvalue weighted by Gasteiger charge is -2.37. The molecular formula is C22H34O4. The molecular weight excluding hydrogens is 328 g/mol. The maximum atomic E-state index is 6.12. The monoisotopic (exact) mass is 362 g/mol. The lowest BCUT2D eigenvalue weighted by Crippen LogP contribution is -2.40. The average Bonchev–Trinajstić information content (AvgIpc) is 2.72. The van der Waals surface area contributed by atoms with Crippen molar-refractivity contribution in [2.45, 2.75) is 64.3 Å². The van der Waals surface area contributed by atoms with Gasteiger partial charge in [0.1, 0.15) is 5.75 Å². The van der Waals surface area contributed by atoms with Gasteiger partial charge in [-0.15, -0.1) is 0 Å². The van der Waals surface area contributed by atoms with Crippen LogP contribution in [0.25, 0.3) is 0 Å². The molecule has 2 atom stereocenters. The van der Waals surface area contributed by atoms with Crippen molar-refractivity contribution in [3.63, 3.8) is 0 Å². The zero-order valence-corrected chi connectivity index (χ0v) is 16.3. The smallest absolute Gasteiger partial charge is 0.162 e. The van der Waals surface area contributed by atoms with Crippen LogP contribution >= 0.6 is 0 Å². The molecule has 0 aromatic heterocycles. The number of unbranched alkanes of at least 4 members (excludes halogenated alkanes) is 3. The molecule has 0 N–H and O–H groups in total. The molecule has 0 bridgehead atoms. The highest BCUT2D eigenvalue weighted by molar-refractivity contribution is 5.28. The molecule has 26 heavy (non-hydrogen) atoms. The van der Waals surface area contributed by atoms with Crippen molar-refractivity contribution < 1.29 is 18.9 Å². The van der Waals surface area contributed by atoms with E-state index in [2.05, 4.69) is 19.1 Å². The van der Waals surface area contributed by atoms with Crippen molar-refractivity contribution in [2.75, 3.05) is 26.9 Å². The second-order valence-electron chi connectivity index (χ2n) is 7.68. The third kappa shape index (κ3) is 5.45. The molecule has 2 unspecified atom stereocenters. The molecule has 146 valence electrons. The predicted molar refractivity (Wildman–Crippen MR) is 102 cm³/mol. The summed E-state index contributed by atoms with van der Waals surface area (Å²) in [7, 11) is 1.69. The SMILES string of the molecule is CCCCCCC1COC(C2CCC(c3ccc(OC)cc3)OC2)OC1. The summed E-state index contributed by atoms with van der Waals surface area (Å²) in [5, 5.41) is 0. The highest BCUT2D eigenvalue weighted by Crippen LogP contribution is 2.35. The van der Waals surface area contributed by atoms with E-state index in [0.717, 1.165) is 31.8 Å². The summed E-state index contributed by atoms with van der Waals surface area (Å²) in [5.41, 5.74) is 1.22. The summed E-state index contributed by atoms with van der Waals surface area (Å²) in [6.07, 6.45) is 8.68. The molecule has 0 amide bonds. The lowest BCUT2D eigenvalue weighted by atomic mass is 9.93. The molecule has 4 heteroatoms. The van der Waals surface area contributed by atoms with Crippen LogP contribution < -0.4 is 4.74 Å². The Morgan fingerprint density at radius 3 is 2.31 bits per heavy atom. The van der Waals surface area contributed by atoms with Gasteiger partial charge in [0.05, 0.1) is 33.0 Å². The molecule has 0 radical (unpaired) electrons. The van der Waals surface area contributed by atoms with Crippen LogP contribution in [0.2, 0.25) is 0 Å². The first kappa shape index (κ1) is 19.7. The number of benzene rings is 1. The zero-order chi connectivity index (χ0) is 18.2. The van der Waals surface area contributed by atoms with Crippen molar-refractivity contribution in [1.82, 2.24) is 0 Å². The van der Waals surface area contributed by atoms with Gasteiger partial charge in [-0.05, 0) is 37.0 Å². The molecule has 0 saturated carbocycles. The van der Waals surface area contributed by atoms with Gasteiger partial charge >= 0.3 is 0 Å². The Hall–Kier alpha value is -1.10. The Labute approximate surface area is 158 Å². The van der Waals surface area contributed by atoms with Crippen molar-refractivity contribution >= 4 is 0 Å². The van der Waals surface area contributed by atoms with Gasteiger partial charge in [-0.2, -0.15) is 0 Å². The van der Waals surface area contributed by atoms with Crippen molar-refractivity contribution in [3.8, 4) is 5.75 Å². The zero-order valence-electron chi connectivity index (χ0n) is 16.3. The van der Waals surface area contributed by atoms with Gasteiger partial charge in [0.15, 0.2) is 6.29 Å². The number of ether oxygens (including phenoxy) is 4. The standard InChI is InChI=1S/C22H34O4/c1-3-4-5-6-7-17-14-25-22(26-15-17)19-10-13-21(24-16-19)18-8-11-20(23-2)12-9-18/h8-9,11-12,17,19,21-22H,3-7,10,13-16H2,1-2H3. The van der Waals surface area contributed by atoms with E-state index in [9.17, 15) is 0 Å². The van der Waals surface area contributed by atoms with E-state index in [4.69, 9.17) is 18.9 Å². The number of hydrogen-bond acceptors (Lipinski definition) is 4. The molecule has 2 aliphatic heterocycles. The van der Waals surface area contributed by atoms with E-state index >= 15 is 0 Å². The normalized spacial score (nSPS) is 29.5. The Kier molecular flexibility index (Phi) is 7.78. The van der Waals surface area contributed by atoms with Crippen LogP contribution in [0.4, 0.5) is 0 Å². The van der Waals surface area contributed by atoms with E-state index in [1.54, 1.807) is 7.11 Å². The summed E-state index contributed by atoms with van der Waals surface area (Å²) in [4.78, 5) is 0. The molecule has 0 spiro atoms. The summed E-state index contributed by atoms with van der Waals surface area (Å²) >= 11 is 0. The minimum Gasteiger partial charge on any atom is -0.497 e. The molecule has 1 aromatic carbocycles. The van der Waals surface area contributed by atoms with Crippen LogP contribution in [0, 0.1) is 11.8 Å². The first-order valence-electron chi connectivity index (χ1n) is 10.3. The predicted octanol–water partition coefficient (Wildman–Crippen LogP) is 5.12. The highest BCUT2D eigenvalue weighted by Gasteiger charge is 2.33. The van der Waals surface area contributed by atoms with Gasteiger partial charge < -0.3 is 18.9 Å². The van der Waals surface area contributed by atoms with E-state index in [0.29, 0.717) is 18.4 Å². The summed E-state index contributed by atoms with van der Waals surface area (Å²) < 4.78 is 23.4. The first-order valence-corrected chi connectivity index (χ1v) is 10.3. The molecule has 0 aliphatic carbocycles. The topological polar surface area (TPSA) is 36.9 Å². The molecule has 2 aliphatic rings. The Morgan fingerprint density at radius 2 is 1.69 bits per heavy atom. The summed E-state index contributed by atoms with van der Waals surface area (Å²) in [6, 6.07) is 8.19. The van der Waals surface area contributed by atoms with Crippen LogP contribution in [0.1, 0.15) is 63.5 Å². The molecule has 1 aromatic rings. The van der Waals surface area contributed by atoms with E-state index in [1.807, 2.05) is 12.1 Å². The Morgan fingerprint density at radius 1 is 0.923 bits per heavy atom. The second kappa shape index (κ2) is 10.3. The Bertz CT molecular complexity index is 499. The molecule has 2 heterocycles. The fourth-order valence-electron chi connectivity index (χ4n) is 3.92. The molecule has 2 saturated heterocycles. The fourth-order valence-corrected chi connectivity index (χ4v) is 3.92. The number of methoxy groups -OCH3 is 1. The maximum absolute atomic E-state index is 6.12. The van der Waals surface area contributed by atoms with Crippen LogP contribution in [-0.4, -0.2) is 33.2 Å². The van der Waals surface area contributed by atoms with Crippen LogP contribution in [-0.2, 0) is 14.2 Å². The summed E-state index contributed by atoms with van der Waals surface area (Å²) in [5.74, 6) is 1.81. The summed E-state index contributed by atoms with van der Waals surface area (Å²) in [6.45, 7) is 4.65. The van der Waals surface area contributed by atoms with Gasteiger partial charge in [-0.25, -0.2) is 0 Å². The van der Waals surface area contributed by atoms with E-state index < -0.39 is 0 Å². The second-order valence-corrected chi connectivity index (χ2v) is 7.68. The fraction of sp³-hybridized carbons (Fsp3) is 0.727. The van der Waals surface area contributed by atoms with Gasteiger partial charge in [0.25, 0.3) is 0 Å². The number of hydrogen-bond donors (Lipinski definition) is 0. The van der Waals surface area contributed by atoms with Crippen LogP contribution in [0.5, 0.6) is 5.75 Å². The maximum Gasteiger partial charge on any atom is 0.162 e. The largest absolute Gasteiger partial charge is 0.497 e. The van der Waals surface area contributed by atoms with Crippen LogP contribution in [0.3, 0.4) is 0 Å². The van der Waals surface area contributed by atoms with Crippen molar-refractivity contribution in [2.24, 2.45) is 11.8 Å². The average molecular weight is 363 g/mol. The Balaban J connectivity index is 1.37. The van der Waals surface area contributed by atoms with Gasteiger partial charge in [0, 0.05) is 11.8 Å². The lowest BCUT2D eigenvalue weighted by molar-refractivity contribution is -0.242. The molecule has 4 nitrogen and oxygen atoms in total. The minimum atomic E-state index is -0.0845.